The molecule has 0 saturated carbocycles. The van der Waals surface area contributed by atoms with Crippen LogP contribution in [0.25, 0.3) is 0 Å². The van der Waals surface area contributed by atoms with Crippen molar-refractivity contribution in [3.8, 4) is 0 Å². The van der Waals surface area contributed by atoms with Gasteiger partial charge in [-0.3, -0.25) is 0 Å². The summed E-state index contributed by atoms with van der Waals surface area (Å²) in [7, 11) is 0. The summed E-state index contributed by atoms with van der Waals surface area (Å²) in [5.41, 5.74) is 0. The molecule has 0 N–H and O–H groups in total. The van der Waals surface area contributed by atoms with Crippen LogP contribution in [0.2, 0.25) is 0 Å². The Morgan fingerprint density at radius 1 is 1.25 bits per heavy atom. The van der Waals surface area contributed by atoms with Crippen molar-refractivity contribution in [2.75, 3.05) is 0 Å². The van der Waals surface area contributed by atoms with Gasteiger partial charge in [0.25, 0.3) is 0 Å². The van der Waals surface area contributed by atoms with Crippen molar-refractivity contribution in [3.63, 3.8) is 0 Å². The van der Waals surface area contributed by atoms with Gasteiger partial charge in [-0.05, 0) is 24.7 Å². The minimum absolute atomic E-state index is 0.676. The van der Waals surface area contributed by atoms with Crippen LogP contribution in [-0.4, -0.2) is 0 Å². The summed E-state index contributed by atoms with van der Waals surface area (Å²) < 4.78 is 0. The molecular weight excluding hydrogens is 96.1 g/mol. The van der Waals surface area contributed by atoms with Gasteiger partial charge in [-0.15, -0.1) is 0 Å². The Balaban J connectivity index is 3.46. The Labute approximate surface area is 53.3 Å². The fraction of sp³-hybridized carbons (Fsp3) is 0.750. The normalized spacial score (nSPS) is 12.0. The second kappa shape index (κ2) is 3.11. The molecule has 0 aliphatic carbocycles. The molecule has 0 bridgehead atoms. The van der Waals surface area contributed by atoms with E-state index in [0.29, 0.717) is 5.92 Å². The molecule has 0 amide bonds. The van der Waals surface area contributed by atoms with Crippen molar-refractivity contribution in [2.45, 2.75) is 27.7 Å². The van der Waals surface area contributed by atoms with Crippen molar-refractivity contribution in [1.82, 2.24) is 0 Å². The molecule has 0 nitrogen and oxygen atoms in total. The van der Waals surface area contributed by atoms with E-state index >= 15 is 0 Å². The molecule has 0 aromatic rings. The summed E-state index contributed by atoms with van der Waals surface area (Å²) in [4.78, 5) is 0. The highest BCUT2D eigenvalue weighted by molar-refractivity contribution is 4.93. The lowest BCUT2D eigenvalue weighted by Crippen LogP contribution is -2.08. The van der Waals surface area contributed by atoms with Crippen LogP contribution in [0.15, 0.2) is 0 Å². The molecule has 0 rings (SSSR count). The van der Waals surface area contributed by atoms with Crippen LogP contribution in [0.4, 0.5) is 0 Å². The van der Waals surface area contributed by atoms with Gasteiger partial charge in [-0.25, -0.2) is 0 Å². The van der Waals surface area contributed by atoms with Crippen molar-refractivity contribution in [2.24, 2.45) is 11.8 Å². The van der Waals surface area contributed by atoms with Gasteiger partial charge in [0, 0.05) is 0 Å². The Kier molecular flexibility index (Phi) is 3.11. The predicted octanol–water partition coefficient (Wildman–Crippen LogP) is 2.71. The molecule has 0 aliphatic rings. The molecular formula is C8H16. The predicted molar refractivity (Wildman–Crippen MR) is 38.3 cm³/mol. The van der Waals surface area contributed by atoms with Crippen molar-refractivity contribution in [1.29, 1.82) is 0 Å². The molecule has 0 aliphatic heterocycles. The van der Waals surface area contributed by atoms with Crippen molar-refractivity contribution < 1.29 is 0 Å². The third-order valence-corrected chi connectivity index (χ3v) is 1.78. The van der Waals surface area contributed by atoms with Gasteiger partial charge in [0.15, 0.2) is 0 Å². The molecule has 0 fully saturated rings. The molecule has 1 unspecified atom stereocenters. The molecule has 8 heavy (non-hydrogen) atoms. The van der Waals surface area contributed by atoms with Gasteiger partial charge in [-0.1, -0.05) is 27.7 Å². The summed E-state index contributed by atoms with van der Waals surface area (Å²) in [6.45, 7) is 12.6. The topological polar surface area (TPSA) is 0 Å². The van der Waals surface area contributed by atoms with E-state index in [1.54, 1.807) is 0 Å². The SMILES string of the molecule is [CH2][C](C)C(C)C(C)C. The highest BCUT2D eigenvalue weighted by Gasteiger charge is 2.10. The average molecular weight is 112 g/mol. The fourth-order valence-electron chi connectivity index (χ4n) is 0.569. The van der Waals surface area contributed by atoms with Crippen LogP contribution in [0.1, 0.15) is 27.7 Å². The Morgan fingerprint density at radius 2 is 1.62 bits per heavy atom. The molecule has 1 atom stereocenters. The van der Waals surface area contributed by atoms with E-state index in [1.807, 2.05) is 0 Å². The van der Waals surface area contributed by atoms with Crippen LogP contribution < -0.4 is 0 Å². The van der Waals surface area contributed by atoms with E-state index in [-0.39, 0.29) is 0 Å². The van der Waals surface area contributed by atoms with Crippen LogP contribution >= 0.6 is 0 Å². The lowest BCUT2D eigenvalue weighted by Gasteiger charge is -2.18. The number of rotatable bonds is 2. The lowest BCUT2D eigenvalue weighted by molar-refractivity contribution is 0.448. The minimum Gasteiger partial charge on any atom is -0.0625 e. The van der Waals surface area contributed by atoms with Gasteiger partial charge in [0.1, 0.15) is 0 Å². The highest BCUT2D eigenvalue weighted by atomic mass is 14.2. The Morgan fingerprint density at radius 3 is 1.62 bits per heavy atom. The molecule has 48 valence electrons. The summed E-state index contributed by atoms with van der Waals surface area (Å²) >= 11 is 0. The van der Waals surface area contributed by atoms with E-state index in [0.717, 1.165) is 5.92 Å². The number of hydrogen-bond donors (Lipinski definition) is 0. The summed E-state index contributed by atoms with van der Waals surface area (Å²) in [6, 6.07) is 0. The third kappa shape index (κ3) is 2.34. The third-order valence-electron chi connectivity index (χ3n) is 1.78. The molecule has 0 heteroatoms. The second-order valence-electron chi connectivity index (χ2n) is 2.88. The molecule has 0 heterocycles. The first-order valence-corrected chi connectivity index (χ1v) is 3.21. The maximum Gasteiger partial charge on any atom is -0.0241 e. The van der Waals surface area contributed by atoms with Gasteiger partial charge in [0.05, 0.1) is 0 Å². The van der Waals surface area contributed by atoms with Crippen LogP contribution in [0.5, 0.6) is 0 Å². The van der Waals surface area contributed by atoms with Crippen LogP contribution in [-0.2, 0) is 0 Å². The molecule has 0 spiro atoms. The fourth-order valence-corrected chi connectivity index (χ4v) is 0.569. The van der Waals surface area contributed by atoms with E-state index in [2.05, 4.69) is 34.6 Å². The first-order chi connectivity index (χ1) is 3.55. The monoisotopic (exact) mass is 112 g/mol. The quantitative estimate of drug-likeness (QED) is 0.515. The zero-order valence-electron chi connectivity index (χ0n) is 6.36. The molecule has 2 radical (unpaired) electrons. The number of hydrogen-bond acceptors (Lipinski definition) is 0. The average Bonchev–Trinajstić information content (AvgIpc) is 1.64. The zero-order valence-corrected chi connectivity index (χ0v) is 6.36. The standard InChI is InChI=1S/C8H16/c1-6(2)8(5)7(3)4/h7-8H,1H2,2-5H3. The first kappa shape index (κ1) is 8.00. The van der Waals surface area contributed by atoms with Gasteiger partial charge in [-0.2, -0.15) is 0 Å². The first-order valence-electron chi connectivity index (χ1n) is 3.21. The largest absolute Gasteiger partial charge is 0.0625 e. The van der Waals surface area contributed by atoms with Gasteiger partial charge in [0.2, 0.25) is 0 Å². The maximum absolute atomic E-state index is 3.88. The van der Waals surface area contributed by atoms with E-state index in [4.69, 9.17) is 0 Å². The zero-order chi connectivity index (χ0) is 6.73. The highest BCUT2D eigenvalue weighted by Crippen LogP contribution is 2.19. The van der Waals surface area contributed by atoms with Crippen LogP contribution in [0, 0.1) is 24.7 Å². The summed E-state index contributed by atoms with van der Waals surface area (Å²) in [6.07, 6.45) is 0. The Hall–Kier alpha value is 0. The Bertz CT molecular complexity index is 45.1. The smallest absolute Gasteiger partial charge is 0.0241 e. The van der Waals surface area contributed by atoms with E-state index in [1.165, 1.54) is 5.92 Å². The maximum atomic E-state index is 3.88. The van der Waals surface area contributed by atoms with E-state index in [9.17, 15) is 0 Å². The minimum atomic E-state index is 0.676. The summed E-state index contributed by atoms with van der Waals surface area (Å²) in [5, 5.41) is 0. The lowest BCUT2D eigenvalue weighted by atomic mass is 9.88. The van der Waals surface area contributed by atoms with Crippen molar-refractivity contribution in [3.05, 3.63) is 12.8 Å². The van der Waals surface area contributed by atoms with Gasteiger partial charge < -0.3 is 0 Å². The summed E-state index contributed by atoms with van der Waals surface area (Å²) in [5.74, 6) is 2.71. The van der Waals surface area contributed by atoms with E-state index < -0.39 is 0 Å². The molecule has 0 aromatic carbocycles. The van der Waals surface area contributed by atoms with Gasteiger partial charge >= 0.3 is 0 Å². The molecule has 0 aromatic heterocycles. The molecule has 0 saturated heterocycles. The second-order valence-corrected chi connectivity index (χ2v) is 2.88. The van der Waals surface area contributed by atoms with Crippen molar-refractivity contribution >= 4 is 0 Å². The van der Waals surface area contributed by atoms with Crippen LogP contribution in [0.3, 0.4) is 0 Å².